The molecule has 7 heteroatoms. The lowest BCUT2D eigenvalue weighted by atomic mass is 10.0. The molecule has 2 fully saturated rings. The zero-order valence-electron chi connectivity index (χ0n) is 14.0. The Morgan fingerprint density at radius 2 is 2.35 bits per heavy atom. The van der Waals surface area contributed by atoms with E-state index in [0.717, 1.165) is 44.0 Å². The molecule has 3 heterocycles. The van der Waals surface area contributed by atoms with Crippen molar-refractivity contribution in [2.24, 2.45) is 0 Å². The minimum atomic E-state index is -0.0720. The Hall–Kier alpha value is -1.44. The van der Waals surface area contributed by atoms with Crippen molar-refractivity contribution in [1.29, 1.82) is 0 Å². The maximum atomic E-state index is 11.8. The molecule has 23 heavy (non-hydrogen) atoms. The standard InChI is InChI=1S/C16H25N3O4/c1-11-7-12(17-23-11)8-19-9-14(22-10-15(20)18(2)3)16-13(19)5-4-6-21-16/h7,13-14,16H,4-6,8-10H2,1-3H3/t13-,14+,16+/m1/s1. The molecule has 0 spiro atoms. The van der Waals surface area contributed by atoms with Crippen molar-refractivity contribution in [2.45, 2.75) is 44.6 Å². The van der Waals surface area contributed by atoms with Crippen molar-refractivity contribution in [3.8, 4) is 0 Å². The van der Waals surface area contributed by atoms with E-state index in [4.69, 9.17) is 14.0 Å². The molecule has 128 valence electrons. The number of rotatable bonds is 5. The maximum Gasteiger partial charge on any atom is 0.248 e. The zero-order valence-corrected chi connectivity index (χ0v) is 14.0. The van der Waals surface area contributed by atoms with Gasteiger partial charge in [0.2, 0.25) is 5.91 Å². The van der Waals surface area contributed by atoms with Gasteiger partial charge < -0.3 is 18.9 Å². The van der Waals surface area contributed by atoms with Crippen LogP contribution in [0.15, 0.2) is 10.6 Å². The van der Waals surface area contributed by atoms with Gasteiger partial charge in [-0.2, -0.15) is 0 Å². The molecule has 3 atom stereocenters. The van der Waals surface area contributed by atoms with Gasteiger partial charge in [-0.15, -0.1) is 0 Å². The predicted octanol–water partition coefficient (Wildman–Crippen LogP) is 0.820. The second-order valence-electron chi connectivity index (χ2n) is 6.54. The number of hydrogen-bond donors (Lipinski definition) is 0. The van der Waals surface area contributed by atoms with Crippen LogP contribution in [0.3, 0.4) is 0 Å². The topological polar surface area (TPSA) is 68.0 Å². The van der Waals surface area contributed by atoms with Crippen LogP contribution in [-0.2, 0) is 20.8 Å². The Morgan fingerprint density at radius 3 is 3.04 bits per heavy atom. The van der Waals surface area contributed by atoms with Crippen LogP contribution in [0.5, 0.6) is 0 Å². The first-order valence-electron chi connectivity index (χ1n) is 8.14. The number of ether oxygens (including phenoxy) is 2. The summed E-state index contributed by atoms with van der Waals surface area (Å²) in [7, 11) is 3.47. The van der Waals surface area contributed by atoms with E-state index in [9.17, 15) is 4.79 Å². The molecule has 7 nitrogen and oxygen atoms in total. The van der Waals surface area contributed by atoms with Crippen LogP contribution >= 0.6 is 0 Å². The van der Waals surface area contributed by atoms with E-state index in [1.807, 2.05) is 13.0 Å². The van der Waals surface area contributed by atoms with Crippen LogP contribution < -0.4 is 0 Å². The lowest BCUT2D eigenvalue weighted by Gasteiger charge is -2.32. The summed E-state index contributed by atoms with van der Waals surface area (Å²) in [5.74, 6) is 0.794. The molecule has 1 aromatic rings. The maximum absolute atomic E-state index is 11.8. The Bertz CT molecular complexity index is 545. The van der Waals surface area contributed by atoms with E-state index in [2.05, 4.69) is 10.1 Å². The van der Waals surface area contributed by atoms with Gasteiger partial charge in [0.1, 0.15) is 18.5 Å². The normalized spacial score (nSPS) is 27.9. The average molecular weight is 323 g/mol. The van der Waals surface area contributed by atoms with Crippen molar-refractivity contribution >= 4 is 5.91 Å². The fourth-order valence-corrected chi connectivity index (χ4v) is 3.34. The van der Waals surface area contributed by atoms with Gasteiger partial charge in [0.05, 0.1) is 11.8 Å². The molecule has 0 aliphatic carbocycles. The van der Waals surface area contributed by atoms with E-state index in [1.54, 1.807) is 19.0 Å². The first-order valence-corrected chi connectivity index (χ1v) is 8.14. The van der Waals surface area contributed by atoms with Crippen molar-refractivity contribution in [3.63, 3.8) is 0 Å². The van der Waals surface area contributed by atoms with Gasteiger partial charge in [0.15, 0.2) is 0 Å². The summed E-state index contributed by atoms with van der Waals surface area (Å²) in [6, 6.07) is 2.28. The third-order valence-electron chi connectivity index (χ3n) is 4.55. The van der Waals surface area contributed by atoms with Crippen LogP contribution in [0.1, 0.15) is 24.3 Å². The molecule has 0 N–H and O–H groups in total. The minimum absolute atomic E-state index is 0.0251. The number of likely N-dealkylation sites (tertiary alicyclic amines) is 1. The fourth-order valence-electron chi connectivity index (χ4n) is 3.34. The molecular formula is C16H25N3O4. The molecule has 0 saturated carbocycles. The minimum Gasteiger partial charge on any atom is -0.374 e. The third kappa shape index (κ3) is 3.73. The SMILES string of the molecule is Cc1cc(CN2C[C@H](OCC(=O)N(C)C)[C@H]3OCCC[C@H]32)no1. The highest BCUT2D eigenvalue weighted by Crippen LogP contribution is 2.31. The van der Waals surface area contributed by atoms with Gasteiger partial charge in [-0.3, -0.25) is 9.69 Å². The highest BCUT2D eigenvalue weighted by Gasteiger charge is 2.45. The number of amides is 1. The van der Waals surface area contributed by atoms with E-state index < -0.39 is 0 Å². The number of fused-ring (bicyclic) bond motifs is 1. The summed E-state index contributed by atoms with van der Waals surface area (Å²) in [5.41, 5.74) is 0.928. The monoisotopic (exact) mass is 323 g/mol. The number of aromatic nitrogens is 1. The van der Waals surface area contributed by atoms with Gasteiger partial charge in [-0.25, -0.2) is 0 Å². The van der Waals surface area contributed by atoms with E-state index in [-0.39, 0.29) is 24.7 Å². The fraction of sp³-hybridized carbons (Fsp3) is 0.750. The second kappa shape index (κ2) is 6.98. The third-order valence-corrected chi connectivity index (χ3v) is 4.55. The number of hydrogen-bond acceptors (Lipinski definition) is 6. The number of nitrogens with zero attached hydrogens (tertiary/aromatic N) is 3. The molecule has 3 rings (SSSR count). The Morgan fingerprint density at radius 1 is 1.52 bits per heavy atom. The molecule has 1 aromatic heterocycles. The van der Waals surface area contributed by atoms with Gasteiger partial charge in [0, 0.05) is 45.9 Å². The Labute approximate surface area is 136 Å². The van der Waals surface area contributed by atoms with Crippen LogP contribution in [0.4, 0.5) is 0 Å². The van der Waals surface area contributed by atoms with Gasteiger partial charge in [-0.05, 0) is 19.8 Å². The van der Waals surface area contributed by atoms with Crippen LogP contribution in [-0.4, -0.2) is 73.0 Å². The summed E-state index contributed by atoms with van der Waals surface area (Å²) >= 11 is 0. The summed E-state index contributed by atoms with van der Waals surface area (Å²) in [4.78, 5) is 15.6. The molecule has 0 aromatic carbocycles. The van der Waals surface area contributed by atoms with Gasteiger partial charge in [-0.1, -0.05) is 5.16 Å². The first kappa shape index (κ1) is 16.4. The summed E-state index contributed by atoms with van der Waals surface area (Å²) in [6.45, 7) is 4.23. The molecule has 2 saturated heterocycles. The Kier molecular flexibility index (Phi) is 4.99. The lowest BCUT2D eigenvalue weighted by molar-refractivity contribution is -0.139. The van der Waals surface area contributed by atoms with Crippen LogP contribution in [0, 0.1) is 6.92 Å². The quantitative estimate of drug-likeness (QED) is 0.799. The number of carbonyl (C=O) groups excluding carboxylic acids is 1. The predicted molar refractivity (Wildman–Crippen MR) is 82.8 cm³/mol. The molecule has 0 radical (unpaired) electrons. The van der Waals surface area contributed by atoms with E-state index >= 15 is 0 Å². The van der Waals surface area contributed by atoms with E-state index in [1.165, 1.54) is 0 Å². The van der Waals surface area contributed by atoms with E-state index in [0.29, 0.717) is 6.04 Å². The van der Waals surface area contributed by atoms with Crippen molar-refractivity contribution in [2.75, 3.05) is 33.9 Å². The lowest BCUT2D eigenvalue weighted by Crippen LogP contribution is -2.42. The molecular weight excluding hydrogens is 298 g/mol. The first-order chi connectivity index (χ1) is 11.0. The largest absolute Gasteiger partial charge is 0.374 e. The molecule has 0 unspecified atom stereocenters. The van der Waals surface area contributed by atoms with Crippen LogP contribution in [0.2, 0.25) is 0 Å². The highest BCUT2D eigenvalue weighted by molar-refractivity contribution is 5.76. The summed E-state index contributed by atoms with van der Waals surface area (Å²) < 4.78 is 17.0. The number of aryl methyl sites for hydroxylation is 1. The molecule has 2 aliphatic rings. The summed E-state index contributed by atoms with van der Waals surface area (Å²) in [5, 5.41) is 4.08. The van der Waals surface area contributed by atoms with Crippen LogP contribution in [0.25, 0.3) is 0 Å². The van der Waals surface area contributed by atoms with Crippen molar-refractivity contribution < 1.29 is 18.8 Å². The second-order valence-corrected chi connectivity index (χ2v) is 6.54. The van der Waals surface area contributed by atoms with Crippen molar-refractivity contribution in [3.05, 3.63) is 17.5 Å². The molecule has 1 amide bonds. The summed E-state index contributed by atoms with van der Waals surface area (Å²) in [6.07, 6.45) is 2.10. The zero-order chi connectivity index (χ0) is 16.4. The highest BCUT2D eigenvalue weighted by atomic mass is 16.5. The van der Waals surface area contributed by atoms with Gasteiger partial charge in [0.25, 0.3) is 0 Å². The number of carbonyl (C=O) groups is 1. The smallest absolute Gasteiger partial charge is 0.248 e. The molecule has 2 aliphatic heterocycles. The van der Waals surface area contributed by atoms with Gasteiger partial charge >= 0.3 is 0 Å². The Balaban J connectivity index is 1.63. The molecule has 0 bridgehead atoms. The average Bonchev–Trinajstić information content (AvgIpc) is 3.09. The number of likely N-dealkylation sites (N-methyl/N-ethyl adjacent to an activating group) is 1. The van der Waals surface area contributed by atoms with Crippen molar-refractivity contribution in [1.82, 2.24) is 15.0 Å².